The Morgan fingerprint density at radius 3 is 2.88 bits per heavy atom. The van der Waals surface area contributed by atoms with Crippen molar-refractivity contribution in [1.29, 1.82) is 5.26 Å². The van der Waals surface area contributed by atoms with Crippen LogP contribution in [-0.4, -0.2) is 43.3 Å². The van der Waals surface area contributed by atoms with E-state index in [0.29, 0.717) is 23.5 Å². The number of aromatic amines is 1. The first-order chi connectivity index (χ1) is 7.78. The number of hydrogen-bond donors (Lipinski definition) is 2. The molecule has 1 heterocycles. The van der Waals surface area contributed by atoms with Gasteiger partial charge in [0.05, 0.1) is 17.0 Å². The van der Waals surface area contributed by atoms with Crippen LogP contribution in [0.3, 0.4) is 0 Å². The molecule has 0 aliphatic heterocycles. The van der Waals surface area contributed by atoms with Gasteiger partial charge in [-0.3, -0.25) is 15.1 Å². The van der Waals surface area contributed by atoms with Crippen LogP contribution >= 0.6 is 0 Å². The molecule has 0 amide bonds. The van der Waals surface area contributed by atoms with Gasteiger partial charge in [0.2, 0.25) is 0 Å². The highest BCUT2D eigenvalue weighted by atomic mass is 15.1. The van der Waals surface area contributed by atoms with Gasteiger partial charge in [-0.15, -0.1) is 0 Å². The summed E-state index contributed by atoms with van der Waals surface area (Å²) in [6.45, 7) is 0.598. The molecule has 0 aromatic carbocycles. The zero-order valence-electron chi connectivity index (χ0n) is 9.57. The smallest absolute Gasteiger partial charge is 0.171 e. The number of H-pyrrole nitrogens is 1. The van der Waals surface area contributed by atoms with Gasteiger partial charge in [-0.25, -0.2) is 0 Å². The molecule has 0 aliphatic rings. The maximum Gasteiger partial charge on any atom is 0.171 e. The fourth-order valence-corrected chi connectivity index (χ4v) is 1.40. The number of hydrogen-bond acceptors (Lipinski definition) is 5. The Balaban J connectivity index is 3.27. The van der Waals surface area contributed by atoms with Gasteiger partial charge in [-0.1, -0.05) is 0 Å². The maximum atomic E-state index is 8.96. The molecule has 1 rings (SSSR count). The highest BCUT2D eigenvalue weighted by molar-refractivity contribution is 6.39. The Kier molecular flexibility index (Phi) is 4.36. The van der Waals surface area contributed by atoms with Gasteiger partial charge in [-0.2, -0.15) is 10.4 Å². The number of rotatable bonds is 4. The summed E-state index contributed by atoms with van der Waals surface area (Å²) in [4.78, 5) is 8.01. The zero-order valence-corrected chi connectivity index (χ0v) is 9.57. The SMILES string of the molecule is CN=CC(=NC)c1c(C#N)n[nH]c1CNC. The van der Waals surface area contributed by atoms with E-state index in [-0.39, 0.29) is 0 Å². The first-order valence-electron chi connectivity index (χ1n) is 4.79. The maximum absolute atomic E-state index is 8.96. The van der Waals surface area contributed by atoms with Gasteiger partial charge in [0.25, 0.3) is 0 Å². The van der Waals surface area contributed by atoms with Crippen molar-refractivity contribution in [1.82, 2.24) is 15.5 Å². The van der Waals surface area contributed by atoms with Crippen molar-refractivity contribution >= 4 is 11.9 Å². The average molecular weight is 218 g/mol. The summed E-state index contributed by atoms with van der Waals surface area (Å²) in [5, 5.41) is 18.7. The minimum atomic E-state index is 0.339. The number of nitrogens with one attached hydrogen (secondary N) is 2. The van der Waals surface area contributed by atoms with E-state index in [0.717, 1.165) is 5.69 Å². The second-order valence-corrected chi connectivity index (χ2v) is 3.06. The second kappa shape index (κ2) is 5.78. The predicted octanol–water partition coefficient (Wildman–Crippen LogP) is 0.120. The van der Waals surface area contributed by atoms with Crippen LogP contribution in [0.4, 0.5) is 0 Å². The normalized spacial score (nSPS) is 12.0. The summed E-state index contributed by atoms with van der Waals surface area (Å²) in [6.07, 6.45) is 1.62. The lowest BCUT2D eigenvalue weighted by atomic mass is 10.1. The van der Waals surface area contributed by atoms with Crippen molar-refractivity contribution < 1.29 is 0 Å². The Hall–Kier alpha value is -2.00. The van der Waals surface area contributed by atoms with Crippen LogP contribution in [0.2, 0.25) is 0 Å². The van der Waals surface area contributed by atoms with Crippen LogP contribution in [0.25, 0.3) is 0 Å². The summed E-state index contributed by atoms with van der Waals surface area (Å²) in [5.74, 6) is 0. The van der Waals surface area contributed by atoms with Crippen molar-refractivity contribution in [2.24, 2.45) is 9.98 Å². The largest absolute Gasteiger partial charge is 0.314 e. The first-order valence-corrected chi connectivity index (χ1v) is 4.79. The molecule has 6 heteroatoms. The summed E-state index contributed by atoms with van der Waals surface area (Å²) in [7, 11) is 5.15. The van der Waals surface area contributed by atoms with Gasteiger partial charge in [-0.05, 0) is 7.05 Å². The third kappa shape index (κ3) is 2.32. The Bertz CT molecular complexity index is 448. The Labute approximate surface area is 94.1 Å². The lowest BCUT2D eigenvalue weighted by Gasteiger charge is -2.01. The molecule has 0 saturated heterocycles. The molecule has 16 heavy (non-hydrogen) atoms. The number of nitrogens with zero attached hydrogens (tertiary/aromatic N) is 4. The molecule has 84 valence electrons. The van der Waals surface area contributed by atoms with E-state index in [1.165, 1.54) is 0 Å². The summed E-state index contributed by atoms with van der Waals surface area (Å²) < 4.78 is 0. The molecule has 1 aromatic heterocycles. The van der Waals surface area contributed by atoms with E-state index in [2.05, 4.69) is 25.5 Å². The fourth-order valence-electron chi connectivity index (χ4n) is 1.40. The molecule has 0 unspecified atom stereocenters. The van der Waals surface area contributed by atoms with Gasteiger partial charge in [0, 0.05) is 26.9 Å². The summed E-state index contributed by atoms with van der Waals surface area (Å²) in [5.41, 5.74) is 2.54. The molecular weight excluding hydrogens is 204 g/mol. The van der Waals surface area contributed by atoms with Crippen LogP contribution in [0, 0.1) is 11.3 Å². The Morgan fingerprint density at radius 1 is 1.62 bits per heavy atom. The highest BCUT2D eigenvalue weighted by Gasteiger charge is 2.16. The van der Waals surface area contributed by atoms with E-state index in [9.17, 15) is 0 Å². The van der Waals surface area contributed by atoms with E-state index in [4.69, 9.17) is 5.26 Å². The predicted molar refractivity (Wildman–Crippen MR) is 62.9 cm³/mol. The van der Waals surface area contributed by atoms with Gasteiger partial charge >= 0.3 is 0 Å². The molecular formula is C10H14N6. The molecule has 1 aromatic rings. The van der Waals surface area contributed by atoms with Crippen LogP contribution < -0.4 is 5.32 Å². The minimum Gasteiger partial charge on any atom is -0.314 e. The minimum absolute atomic E-state index is 0.339. The van der Waals surface area contributed by atoms with E-state index in [1.54, 1.807) is 20.3 Å². The quantitative estimate of drug-likeness (QED) is 0.703. The lowest BCUT2D eigenvalue weighted by Crippen LogP contribution is -2.12. The van der Waals surface area contributed by atoms with Crippen molar-refractivity contribution in [2.75, 3.05) is 21.1 Å². The number of aromatic nitrogens is 2. The standard InChI is InChI=1S/C10H14N6/c1-12-5-8(14-3)10-7(4-11)15-16-9(10)6-13-2/h5,13H,6H2,1-3H3,(H,15,16). The van der Waals surface area contributed by atoms with Crippen molar-refractivity contribution in [3.8, 4) is 6.07 Å². The summed E-state index contributed by atoms with van der Waals surface area (Å²) in [6, 6.07) is 2.03. The van der Waals surface area contributed by atoms with Crippen LogP contribution in [0.1, 0.15) is 17.0 Å². The van der Waals surface area contributed by atoms with Crippen molar-refractivity contribution in [3.63, 3.8) is 0 Å². The molecule has 6 nitrogen and oxygen atoms in total. The van der Waals surface area contributed by atoms with Gasteiger partial charge in [0.1, 0.15) is 6.07 Å². The zero-order chi connectivity index (χ0) is 12.0. The van der Waals surface area contributed by atoms with Crippen molar-refractivity contribution in [3.05, 3.63) is 17.0 Å². The summed E-state index contributed by atoms with van der Waals surface area (Å²) >= 11 is 0. The monoisotopic (exact) mass is 218 g/mol. The van der Waals surface area contributed by atoms with Gasteiger partial charge < -0.3 is 5.32 Å². The molecule has 0 aliphatic carbocycles. The third-order valence-electron chi connectivity index (χ3n) is 2.05. The molecule has 0 saturated carbocycles. The fraction of sp³-hybridized carbons (Fsp3) is 0.400. The molecule has 2 N–H and O–H groups in total. The molecule has 0 spiro atoms. The number of nitriles is 1. The Morgan fingerprint density at radius 2 is 2.38 bits per heavy atom. The van der Waals surface area contributed by atoms with Crippen LogP contribution in [-0.2, 0) is 6.54 Å². The van der Waals surface area contributed by atoms with E-state index >= 15 is 0 Å². The van der Waals surface area contributed by atoms with Crippen LogP contribution in [0.15, 0.2) is 9.98 Å². The van der Waals surface area contributed by atoms with Gasteiger partial charge in [0.15, 0.2) is 5.69 Å². The first kappa shape index (κ1) is 12.1. The molecule has 0 fully saturated rings. The lowest BCUT2D eigenvalue weighted by molar-refractivity contribution is 0.783. The third-order valence-corrected chi connectivity index (χ3v) is 2.05. The average Bonchev–Trinajstić information content (AvgIpc) is 2.69. The van der Waals surface area contributed by atoms with E-state index < -0.39 is 0 Å². The van der Waals surface area contributed by atoms with Crippen molar-refractivity contribution in [2.45, 2.75) is 6.54 Å². The number of aliphatic imine (C=N–C) groups is 2. The topological polar surface area (TPSA) is 89.2 Å². The molecule has 0 radical (unpaired) electrons. The molecule has 0 atom stereocenters. The van der Waals surface area contributed by atoms with E-state index in [1.807, 2.05) is 13.1 Å². The highest BCUT2D eigenvalue weighted by Crippen LogP contribution is 2.11. The second-order valence-electron chi connectivity index (χ2n) is 3.06. The van der Waals surface area contributed by atoms with Crippen LogP contribution in [0.5, 0.6) is 0 Å². The molecule has 0 bridgehead atoms.